The van der Waals surface area contributed by atoms with Crippen molar-refractivity contribution in [3.63, 3.8) is 0 Å². The van der Waals surface area contributed by atoms with E-state index in [0.29, 0.717) is 5.92 Å². The predicted molar refractivity (Wildman–Crippen MR) is 69.4 cm³/mol. The Bertz CT molecular complexity index is 339. The minimum Gasteiger partial charge on any atom is -0.489 e. The maximum Gasteiger partial charge on any atom is 0.122 e. The number of nitrogens with one attached hydrogen (secondary N) is 1. The van der Waals surface area contributed by atoms with Crippen LogP contribution < -0.4 is 10.1 Å². The van der Waals surface area contributed by atoms with Crippen LogP contribution in [0.1, 0.15) is 19.4 Å². The van der Waals surface area contributed by atoms with Crippen molar-refractivity contribution < 1.29 is 4.74 Å². The van der Waals surface area contributed by atoms with Gasteiger partial charge in [-0.25, -0.2) is 0 Å². The van der Waals surface area contributed by atoms with Gasteiger partial charge in [-0.1, -0.05) is 25.4 Å². The van der Waals surface area contributed by atoms with Crippen molar-refractivity contribution in [1.82, 2.24) is 5.32 Å². The summed E-state index contributed by atoms with van der Waals surface area (Å²) in [6.07, 6.45) is 0.185. The van der Waals surface area contributed by atoms with Crippen LogP contribution in [0.2, 0.25) is 5.02 Å². The third-order valence-electron chi connectivity index (χ3n) is 2.56. The van der Waals surface area contributed by atoms with Crippen LogP contribution in [-0.4, -0.2) is 19.7 Å². The molecule has 0 radical (unpaired) electrons. The lowest BCUT2D eigenvalue weighted by atomic mass is 10.1. The van der Waals surface area contributed by atoms with Crippen LogP contribution in [0.5, 0.6) is 5.75 Å². The topological polar surface area (TPSA) is 21.3 Å². The van der Waals surface area contributed by atoms with E-state index in [1.807, 2.05) is 32.2 Å². The van der Waals surface area contributed by atoms with Gasteiger partial charge >= 0.3 is 0 Å². The highest BCUT2D eigenvalue weighted by Crippen LogP contribution is 2.24. The second-order valence-electron chi connectivity index (χ2n) is 4.37. The van der Waals surface area contributed by atoms with Gasteiger partial charge in [0, 0.05) is 11.6 Å². The molecule has 0 aliphatic rings. The van der Waals surface area contributed by atoms with E-state index in [0.717, 1.165) is 22.9 Å². The fourth-order valence-electron chi connectivity index (χ4n) is 1.52. The van der Waals surface area contributed by atoms with Gasteiger partial charge < -0.3 is 10.1 Å². The molecule has 1 unspecified atom stereocenters. The Morgan fingerprint density at radius 2 is 2.06 bits per heavy atom. The zero-order chi connectivity index (χ0) is 12.1. The van der Waals surface area contributed by atoms with Gasteiger partial charge in [0.05, 0.1) is 0 Å². The molecule has 0 bridgehead atoms. The van der Waals surface area contributed by atoms with Crippen LogP contribution in [0, 0.1) is 12.8 Å². The number of hydrogen-bond acceptors (Lipinski definition) is 2. The van der Waals surface area contributed by atoms with Crippen LogP contribution in [0.3, 0.4) is 0 Å². The van der Waals surface area contributed by atoms with E-state index < -0.39 is 0 Å². The molecule has 0 spiro atoms. The lowest BCUT2D eigenvalue weighted by molar-refractivity contribution is 0.150. The number of benzene rings is 1. The molecule has 1 aromatic rings. The average Bonchev–Trinajstić information content (AvgIpc) is 2.20. The molecule has 0 aliphatic heterocycles. The zero-order valence-electron chi connectivity index (χ0n) is 10.4. The van der Waals surface area contributed by atoms with Gasteiger partial charge in [0.1, 0.15) is 11.9 Å². The summed E-state index contributed by atoms with van der Waals surface area (Å²) >= 11 is 5.91. The summed E-state index contributed by atoms with van der Waals surface area (Å²) in [6, 6.07) is 5.72. The molecule has 16 heavy (non-hydrogen) atoms. The quantitative estimate of drug-likeness (QED) is 0.855. The van der Waals surface area contributed by atoms with Gasteiger partial charge in [-0.05, 0) is 43.7 Å². The van der Waals surface area contributed by atoms with Gasteiger partial charge in [0.25, 0.3) is 0 Å². The van der Waals surface area contributed by atoms with E-state index in [-0.39, 0.29) is 6.10 Å². The van der Waals surface area contributed by atoms with Gasteiger partial charge in [-0.2, -0.15) is 0 Å². The standard InChI is InChI=1S/C13H20ClNO/c1-9(2)13(8-15-4)16-12-6-5-11(14)7-10(12)3/h5-7,9,13,15H,8H2,1-4H3. The number of rotatable bonds is 5. The Morgan fingerprint density at radius 3 is 2.56 bits per heavy atom. The van der Waals surface area contributed by atoms with Gasteiger partial charge in [-0.15, -0.1) is 0 Å². The van der Waals surface area contributed by atoms with Crippen molar-refractivity contribution >= 4 is 11.6 Å². The summed E-state index contributed by atoms with van der Waals surface area (Å²) in [5.74, 6) is 1.39. The van der Waals surface area contributed by atoms with Gasteiger partial charge in [0.15, 0.2) is 0 Å². The highest BCUT2D eigenvalue weighted by Gasteiger charge is 2.15. The van der Waals surface area contributed by atoms with Crippen LogP contribution in [0.25, 0.3) is 0 Å². The first-order valence-electron chi connectivity index (χ1n) is 5.62. The maximum atomic E-state index is 5.98. The summed E-state index contributed by atoms with van der Waals surface area (Å²) in [7, 11) is 1.94. The molecule has 1 atom stereocenters. The van der Waals surface area contributed by atoms with Gasteiger partial charge in [-0.3, -0.25) is 0 Å². The third-order valence-corrected chi connectivity index (χ3v) is 2.80. The largest absolute Gasteiger partial charge is 0.489 e. The highest BCUT2D eigenvalue weighted by atomic mass is 35.5. The molecule has 0 aliphatic carbocycles. The molecule has 0 heterocycles. The first-order chi connectivity index (χ1) is 7.54. The Hall–Kier alpha value is -0.730. The fourth-order valence-corrected chi connectivity index (χ4v) is 1.75. The van der Waals surface area contributed by atoms with Crippen LogP contribution in [0.15, 0.2) is 18.2 Å². The molecule has 90 valence electrons. The van der Waals surface area contributed by atoms with Crippen molar-refractivity contribution in [2.45, 2.75) is 26.9 Å². The fraction of sp³-hybridized carbons (Fsp3) is 0.538. The van der Waals surface area contributed by atoms with Crippen LogP contribution in [0.4, 0.5) is 0 Å². The summed E-state index contributed by atoms with van der Waals surface area (Å²) in [4.78, 5) is 0. The van der Waals surface area contributed by atoms with E-state index >= 15 is 0 Å². The normalized spacial score (nSPS) is 12.9. The summed E-state index contributed by atoms with van der Waals surface area (Å²) < 4.78 is 5.98. The summed E-state index contributed by atoms with van der Waals surface area (Å²) in [6.45, 7) is 7.18. The minimum atomic E-state index is 0.185. The maximum absolute atomic E-state index is 5.98. The Morgan fingerprint density at radius 1 is 1.38 bits per heavy atom. The molecular formula is C13H20ClNO. The molecule has 1 rings (SSSR count). The van der Waals surface area contributed by atoms with Crippen LogP contribution >= 0.6 is 11.6 Å². The number of aryl methyl sites for hydroxylation is 1. The highest BCUT2D eigenvalue weighted by molar-refractivity contribution is 6.30. The van der Waals surface area contributed by atoms with E-state index in [1.165, 1.54) is 0 Å². The SMILES string of the molecule is CNCC(Oc1ccc(Cl)cc1C)C(C)C. The number of ether oxygens (including phenoxy) is 1. The summed E-state index contributed by atoms with van der Waals surface area (Å²) in [5, 5.41) is 3.90. The molecule has 1 aromatic carbocycles. The van der Waals surface area contributed by atoms with E-state index in [1.54, 1.807) is 0 Å². The smallest absolute Gasteiger partial charge is 0.122 e. The van der Waals surface area contributed by atoms with Crippen molar-refractivity contribution in [3.8, 4) is 5.75 Å². The molecule has 3 heteroatoms. The molecular weight excluding hydrogens is 222 g/mol. The lowest BCUT2D eigenvalue weighted by Crippen LogP contribution is -2.33. The molecule has 0 saturated carbocycles. The van der Waals surface area contributed by atoms with Crippen molar-refractivity contribution in [1.29, 1.82) is 0 Å². The Balaban J connectivity index is 2.77. The van der Waals surface area contributed by atoms with Crippen molar-refractivity contribution in [3.05, 3.63) is 28.8 Å². The Kier molecular flexibility index (Phi) is 5.10. The Labute approximate surface area is 103 Å². The third kappa shape index (κ3) is 3.69. The van der Waals surface area contributed by atoms with E-state index in [2.05, 4.69) is 19.2 Å². The van der Waals surface area contributed by atoms with Crippen molar-refractivity contribution in [2.75, 3.05) is 13.6 Å². The number of halogens is 1. The molecule has 0 aromatic heterocycles. The average molecular weight is 242 g/mol. The minimum absolute atomic E-state index is 0.185. The number of hydrogen-bond donors (Lipinski definition) is 1. The zero-order valence-corrected chi connectivity index (χ0v) is 11.1. The molecule has 0 saturated heterocycles. The summed E-state index contributed by atoms with van der Waals surface area (Å²) in [5.41, 5.74) is 1.08. The van der Waals surface area contributed by atoms with Crippen LogP contribution in [-0.2, 0) is 0 Å². The van der Waals surface area contributed by atoms with Crippen molar-refractivity contribution in [2.24, 2.45) is 5.92 Å². The second kappa shape index (κ2) is 6.12. The second-order valence-corrected chi connectivity index (χ2v) is 4.80. The first kappa shape index (κ1) is 13.3. The lowest BCUT2D eigenvalue weighted by Gasteiger charge is -2.23. The number of likely N-dealkylation sites (N-methyl/N-ethyl adjacent to an activating group) is 1. The first-order valence-corrected chi connectivity index (χ1v) is 5.99. The predicted octanol–water partition coefficient (Wildman–Crippen LogP) is 3.27. The van der Waals surface area contributed by atoms with Gasteiger partial charge in [0.2, 0.25) is 0 Å². The molecule has 2 nitrogen and oxygen atoms in total. The monoisotopic (exact) mass is 241 g/mol. The van der Waals surface area contributed by atoms with E-state index in [4.69, 9.17) is 16.3 Å². The molecule has 0 fully saturated rings. The van der Waals surface area contributed by atoms with E-state index in [9.17, 15) is 0 Å². The molecule has 1 N–H and O–H groups in total. The molecule has 0 amide bonds.